The van der Waals surface area contributed by atoms with Crippen molar-refractivity contribution in [3.63, 3.8) is 0 Å². The van der Waals surface area contributed by atoms with Crippen LogP contribution in [-0.2, 0) is 13.0 Å². The average Bonchev–Trinajstić information content (AvgIpc) is 2.46. The predicted molar refractivity (Wildman–Crippen MR) is 79.2 cm³/mol. The van der Waals surface area contributed by atoms with Crippen LogP contribution in [0, 0.1) is 17.1 Å². The lowest BCUT2D eigenvalue weighted by molar-refractivity contribution is 0.305. The van der Waals surface area contributed by atoms with Crippen molar-refractivity contribution in [2.24, 2.45) is 5.73 Å². The molecule has 0 saturated carbocycles. The molecule has 0 aliphatic rings. The molecule has 1 unspecified atom stereocenters. The number of ether oxygens (including phenoxy) is 1. The molecule has 0 fully saturated rings. The highest BCUT2D eigenvalue weighted by atomic mass is 19.1. The van der Waals surface area contributed by atoms with E-state index < -0.39 is 0 Å². The number of rotatable bonds is 5. The van der Waals surface area contributed by atoms with Gasteiger partial charge >= 0.3 is 0 Å². The molecule has 0 heterocycles. The van der Waals surface area contributed by atoms with Crippen LogP contribution in [0.2, 0.25) is 0 Å². The van der Waals surface area contributed by atoms with Gasteiger partial charge in [0.05, 0.1) is 11.6 Å². The standard InChI is InChI=1S/C17H17FN2O/c1-12(20)8-13-2-6-17(7-3-13)21-11-15-9-16(18)5-4-14(15)10-19/h2-7,9,12H,8,11,20H2,1H3. The van der Waals surface area contributed by atoms with Crippen LogP contribution in [0.4, 0.5) is 4.39 Å². The van der Waals surface area contributed by atoms with E-state index in [0.717, 1.165) is 12.0 Å². The number of hydrogen-bond donors (Lipinski definition) is 1. The van der Waals surface area contributed by atoms with Crippen LogP contribution < -0.4 is 10.5 Å². The first kappa shape index (κ1) is 15.0. The van der Waals surface area contributed by atoms with Crippen molar-refractivity contribution in [2.45, 2.75) is 26.0 Å². The number of nitrogens with two attached hydrogens (primary N) is 1. The summed E-state index contributed by atoms with van der Waals surface area (Å²) in [5, 5.41) is 8.99. The third-order valence-corrected chi connectivity index (χ3v) is 3.06. The second-order valence-electron chi connectivity index (χ2n) is 5.03. The summed E-state index contributed by atoms with van der Waals surface area (Å²) in [5.41, 5.74) is 7.85. The third kappa shape index (κ3) is 4.30. The van der Waals surface area contributed by atoms with Gasteiger partial charge < -0.3 is 10.5 Å². The Bertz CT molecular complexity index is 645. The molecule has 0 amide bonds. The molecule has 0 aliphatic heterocycles. The Kier molecular flexibility index (Phi) is 4.91. The van der Waals surface area contributed by atoms with Crippen molar-refractivity contribution >= 4 is 0 Å². The molecular weight excluding hydrogens is 267 g/mol. The largest absolute Gasteiger partial charge is 0.489 e. The summed E-state index contributed by atoms with van der Waals surface area (Å²) in [6, 6.07) is 13.8. The van der Waals surface area contributed by atoms with E-state index in [4.69, 9.17) is 15.7 Å². The number of nitrogens with zero attached hydrogens (tertiary/aromatic N) is 1. The first-order chi connectivity index (χ1) is 10.1. The molecule has 3 nitrogen and oxygen atoms in total. The van der Waals surface area contributed by atoms with Gasteiger partial charge in [0.1, 0.15) is 18.2 Å². The molecule has 0 bridgehead atoms. The molecule has 2 N–H and O–H groups in total. The average molecular weight is 284 g/mol. The zero-order valence-electron chi connectivity index (χ0n) is 11.8. The lowest BCUT2D eigenvalue weighted by atomic mass is 10.1. The number of benzene rings is 2. The van der Waals surface area contributed by atoms with Crippen LogP contribution in [0.1, 0.15) is 23.6 Å². The Morgan fingerprint density at radius 2 is 1.95 bits per heavy atom. The van der Waals surface area contributed by atoms with E-state index in [1.165, 1.54) is 18.2 Å². The summed E-state index contributed by atoms with van der Waals surface area (Å²) < 4.78 is 18.8. The SMILES string of the molecule is CC(N)Cc1ccc(OCc2cc(F)ccc2C#N)cc1. The summed E-state index contributed by atoms with van der Waals surface area (Å²) in [5.74, 6) is 0.302. The van der Waals surface area contributed by atoms with Gasteiger partial charge in [0, 0.05) is 11.6 Å². The second kappa shape index (κ2) is 6.87. The molecule has 4 heteroatoms. The molecule has 0 spiro atoms. The van der Waals surface area contributed by atoms with Gasteiger partial charge in [-0.2, -0.15) is 5.26 Å². The van der Waals surface area contributed by atoms with Crippen molar-refractivity contribution < 1.29 is 9.13 Å². The fourth-order valence-corrected chi connectivity index (χ4v) is 2.05. The quantitative estimate of drug-likeness (QED) is 0.917. The number of nitriles is 1. The maximum Gasteiger partial charge on any atom is 0.123 e. The molecule has 0 aliphatic carbocycles. The smallest absolute Gasteiger partial charge is 0.123 e. The van der Waals surface area contributed by atoms with Crippen molar-refractivity contribution in [2.75, 3.05) is 0 Å². The molecule has 2 rings (SSSR count). The minimum atomic E-state index is -0.375. The van der Waals surface area contributed by atoms with Gasteiger partial charge in [-0.1, -0.05) is 12.1 Å². The summed E-state index contributed by atoms with van der Waals surface area (Å²) in [7, 11) is 0. The zero-order valence-corrected chi connectivity index (χ0v) is 11.8. The van der Waals surface area contributed by atoms with Crippen LogP contribution in [0.5, 0.6) is 5.75 Å². The third-order valence-electron chi connectivity index (χ3n) is 3.06. The van der Waals surface area contributed by atoms with Crippen LogP contribution >= 0.6 is 0 Å². The second-order valence-corrected chi connectivity index (χ2v) is 5.03. The molecule has 0 radical (unpaired) electrons. The molecule has 2 aromatic rings. The van der Waals surface area contributed by atoms with Crippen LogP contribution in [0.25, 0.3) is 0 Å². The van der Waals surface area contributed by atoms with Gasteiger partial charge in [-0.05, 0) is 49.2 Å². The normalized spacial score (nSPS) is 11.7. The summed E-state index contributed by atoms with van der Waals surface area (Å²) >= 11 is 0. The van der Waals surface area contributed by atoms with Gasteiger partial charge in [-0.3, -0.25) is 0 Å². The maximum absolute atomic E-state index is 13.2. The van der Waals surface area contributed by atoms with Gasteiger partial charge in [0.2, 0.25) is 0 Å². The van der Waals surface area contributed by atoms with Gasteiger partial charge in [0.25, 0.3) is 0 Å². The van der Waals surface area contributed by atoms with E-state index in [1.54, 1.807) is 0 Å². The Morgan fingerprint density at radius 1 is 1.24 bits per heavy atom. The van der Waals surface area contributed by atoms with E-state index >= 15 is 0 Å². The lowest BCUT2D eigenvalue weighted by Gasteiger charge is -2.09. The van der Waals surface area contributed by atoms with E-state index in [1.807, 2.05) is 37.3 Å². The molecule has 1 atom stereocenters. The Hall–Kier alpha value is -2.38. The maximum atomic E-state index is 13.2. The van der Waals surface area contributed by atoms with E-state index in [0.29, 0.717) is 16.9 Å². The molecule has 0 saturated heterocycles. The number of hydrogen-bond acceptors (Lipinski definition) is 3. The summed E-state index contributed by atoms with van der Waals surface area (Å²) in [6.07, 6.45) is 0.808. The van der Waals surface area contributed by atoms with E-state index in [2.05, 4.69) is 0 Å². The van der Waals surface area contributed by atoms with Crippen molar-refractivity contribution in [1.82, 2.24) is 0 Å². The lowest BCUT2D eigenvalue weighted by Crippen LogP contribution is -2.17. The minimum absolute atomic E-state index is 0.113. The van der Waals surface area contributed by atoms with Gasteiger partial charge in [-0.15, -0.1) is 0 Å². The first-order valence-electron chi connectivity index (χ1n) is 6.74. The Balaban J connectivity index is 2.03. The fourth-order valence-electron chi connectivity index (χ4n) is 2.05. The highest BCUT2D eigenvalue weighted by molar-refractivity contribution is 5.38. The molecule has 108 valence electrons. The zero-order chi connectivity index (χ0) is 15.2. The fraction of sp³-hybridized carbons (Fsp3) is 0.235. The van der Waals surface area contributed by atoms with Crippen molar-refractivity contribution in [3.8, 4) is 11.8 Å². The summed E-state index contributed by atoms with van der Waals surface area (Å²) in [6.45, 7) is 2.12. The van der Waals surface area contributed by atoms with E-state index in [9.17, 15) is 4.39 Å². The van der Waals surface area contributed by atoms with Crippen LogP contribution in [0.15, 0.2) is 42.5 Å². The molecule has 2 aromatic carbocycles. The topological polar surface area (TPSA) is 59.0 Å². The van der Waals surface area contributed by atoms with Gasteiger partial charge in [-0.25, -0.2) is 4.39 Å². The Morgan fingerprint density at radius 3 is 2.57 bits per heavy atom. The summed E-state index contributed by atoms with van der Waals surface area (Å²) in [4.78, 5) is 0. The first-order valence-corrected chi connectivity index (χ1v) is 6.74. The minimum Gasteiger partial charge on any atom is -0.489 e. The Labute approximate surface area is 123 Å². The van der Waals surface area contributed by atoms with Crippen LogP contribution in [-0.4, -0.2) is 6.04 Å². The van der Waals surface area contributed by atoms with Gasteiger partial charge in [0.15, 0.2) is 0 Å². The molecular formula is C17H17FN2O. The van der Waals surface area contributed by atoms with E-state index in [-0.39, 0.29) is 18.5 Å². The molecule has 21 heavy (non-hydrogen) atoms. The highest BCUT2D eigenvalue weighted by Gasteiger charge is 2.05. The number of halogens is 1. The van der Waals surface area contributed by atoms with Crippen molar-refractivity contribution in [1.29, 1.82) is 5.26 Å². The highest BCUT2D eigenvalue weighted by Crippen LogP contribution is 2.17. The van der Waals surface area contributed by atoms with Crippen LogP contribution in [0.3, 0.4) is 0 Å². The molecule has 0 aromatic heterocycles. The van der Waals surface area contributed by atoms with Crippen molar-refractivity contribution in [3.05, 3.63) is 65.0 Å². The monoisotopic (exact) mass is 284 g/mol. The predicted octanol–water partition coefficient (Wildman–Crippen LogP) is 3.17.